The molecule has 4 rings (SSSR count). The molecular formula is C32H47N5O4. The summed E-state index contributed by atoms with van der Waals surface area (Å²) in [7, 11) is 0. The highest BCUT2D eigenvalue weighted by Gasteiger charge is 2.42. The monoisotopic (exact) mass is 565 g/mol. The molecule has 0 atom stereocenters. The number of hydrogen-bond donors (Lipinski definition) is 3. The SMILES string of the molecule is CC(C)(C)OC(=O)CC1(C(N)=O)CCN(Cc2ccccc2)CC1.NC(=O)C1(N)CCN(Cc2ccccc2)CC1. The molecule has 0 unspecified atom stereocenters. The van der Waals surface area contributed by atoms with Gasteiger partial charge in [0, 0.05) is 26.2 Å². The van der Waals surface area contributed by atoms with Crippen LogP contribution in [0.5, 0.6) is 0 Å². The molecule has 0 bridgehead atoms. The average Bonchev–Trinajstić information content (AvgIpc) is 2.91. The number of carbonyl (C=O) groups is 3. The van der Waals surface area contributed by atoms with E-state index in [4.69, 9.17) is 21.9 Å². The topological polar surface area (TPSA) is 145 Å². The summed E-state index contributed by atoms with van der Waals surface area (Å²) in [6.45, 7) is 10.4. The van der Waals surface area contributed by atoms with Gasteiger partial charge in [0.15, 0.2) is 0 Å². The third kappa shape index (κ3) is 9.95. The van der Waals surface area contributed by atoms with Crippen LogP contribution in [0, 0.1) is 5.41 Å². The van der Waals surface area contributed by atoms with Crippen molar-refractivity contribution in [3.05, 3.63) is 71.8 Å². The zero-order valence-electron chi connectivity index (χ0n) is 24.8. The van der Waals surface area contributed by atoms with Crippen LogP contribution in [0.1, 0.15) is 64.0 Å². The zero-order valence-corrected chi connectivity index (χ0v) is 24.8. The molecule has 0 radical (unpaired) electrons. The Morgan fingerprint density at radius 1 is 0.732 bits per heavy atom. The summed E-state index contributed by atoms with van der Waals surface area (Å²) in [5, 5.41) is 0. The quantitative estimate of drug-likeness (QED) is 0.417. The lowest BCUT2D eigenvalue weighted by atomic mass is 9.75. The molecule has 2 aliphatic heterocycles. The van der Waals surface area contributed by atoms with Gasteiger partial charge in [-0.15, -0.1) is 0 Å². The van der Waals surface area contributed by atoms with Crippen molar-refractivity contribution in [2.75, 3.05) is 26.2 Å². The average molecular weight is 566 g/mol. The first kappa shape index (κ1) is 32.2. The Labute approximate surface area is 244 Å². The molecule has 2 fully saturated rings. The third-order valence-corrected chi connectivity index (χ3v) is 7.98. The van der Waals surface area contributed by atoms with Crippen LogP contribution in [0.3, 0.4) is 0 Å². The maximum Gasteiger partial charge on any atom is 0.307 e. The molecule has 2 saturated heterocycles. The first-order valence-corrected chi connectivity index (χ1v) is 14.4. The Hall–Kier alpha value is -3.27. The lowest BCUT2D eigenvalue weighted by Crippen LogP contribution is -2.58. The molecule has 41 heavy (non-hydrogen) atoms. The third-order valence-electron chi connectivity index (χ3n) is 7.98. The van der Waals surface area contributed by atoms with Gasteiger partial charge in [0.2, 0.25) is 11.8 Å². The van der Waals surface area contributed by atoms with E-state index >= 15 is 0 Å². The largest absolute Gasteiger partial charge is 0.460 e. The Morgan fingerprint density at radius 3 is 1.51 bits per heavy atom. The Kier molecular flexibility index (Phi) is 11.1. The van der Waals surface area contributed by atoms with Gasteiger partial charge in [0.1, 0.15) is 5.60 Å². The highest BCUT2D eigenvalue weighted by molar-refractivity contribution is 5.86. The smallest absolute Gasteiger partial charge is 0.307 e. The van der Waals surface area contributed by atoms with Gasteiger partial charge in [0.25, 0.3) is 0 Å². The van der Waals surface area contributed by atoms with Gasteiger partial charge in [-0.2, -0.15) is 0 Å². The van der Waals surface area contributed by atoms with Crippen LogP contribution in [0.4, 0.5) is 0 Å². The van der Waals surface area contributed by atoms with Crippen molar-refractivity contribution >= 4 is 17.8 Å². The van der Waals surface area contributed by atoms with E-state index in [1.807, 2.05) is 57.2 Å². The number of carbonyl (C=O) groups excluding carboxylic acids is 3. The molecule has 0 aliphatic carbocycles. The van der Waals surface area contributed by atoms with Gasteiger partial charge < -0.3 is 21.9 Å². The number of amides is 2. The number of piperidine rings is 2. The lowest BCUT2D eigenvalue weighted by molar-refractivity contribution is -0.161. The number of nitrogens with zero attached hydrogens (tertiary/aromatic N) is 2. The van der Waals surface area contributed by atoms with Crippen LogP contribution >= 0.6 is 0 Å². The second-order valence-electron chi connectivity index (χ2n) is 12.5. The molecule has 2 amide bonds. The fourth-order valence-electron chi connectivity index (χ4n) is 5.34. The van der Waals surface area contributed by atoms with Crippen LogP contribution in [0.2, 0.25) is 0 Å². The molecule has 9 heteroatoms. The summed E-state index contributed by atoms with van der Waals surface area (Å²) in [6.07, 6.45) is 2.55. The number of likely N-dealkylation sites (tertiary alicyclic amines) is 2. The molecule has 0 saturated carbocycles. The van der Waals surface area contributed by atoms with Gasteiger partial charge >= 0.3 is 5.97 Å². The number of esters is 1. The van der Waals surface area contributed by atoms with Crippen molar-refractivity contribution in [3.8, 4) is 0 Å². The van der Waals surface area contributed by atoms with Gasteiger partial charge in [-0.25, -0.2) is 0 Å². The van der Waals surface area contributed by atoms with Crippen LogP contribution < -0.4 is 17.2 Å². The Morgan fingerprint density at radius 2 is 1.15 bits per heavy atom. The zero-order chi connectivity index (χ0) is 30.1. The predicted octanol–water partition coefficient (Wildman–Crippen LogP) is 2.95. The summed E-state index contributed by atoms with van der Waals surface area (Å²) in [5.74, 6) is -1.12. The van der Waals surface area contributed by atoms with E-state index in [1.54, 1.807) is 0 Å². The van der Waals surface area contributed by atoms with E-state index in [0.717, 1.165) is 39.3 Å². The fourth-order valence-corrected chi connectivity index (χ4v) is 5.34. The minimum Gasteiger partial charge on any atom is -0.460 e. The van der Waals surface area contributed by atoms with E-state index in [2.05, 4.69) is 34.1 Å². The van der Waals surface area contributed by atoms with Gasteiger partial charge in [-0.05, 0) is 70.7 Å². The molecular weight excluding hydrogens is 518 g/mol. The van der Waals surface area contributed by atoms with E-state index in [9.17, 15) is 14.4 Å². The molecule has 2 aliphatic rings. The van der Waals surface area contributed by atoms with Crippen molar-refractivity contribution in [2.45, 2.75) is 77.1 Å². The summed E-state index contributed by atoms with van der Waals surface area (Å²) in [6, 6.07) is 20.5. The first-order valence-electron chi connectivity index (χ1n) is 14.4. The van der Waals surface area contributed by atoms with E-state index < -0.39 is 22.5 Å². The fraction of sp³-hybridized carbons (Fsp3) is 0.531. The van der Waals surface area contributed by atoms with Crippen LogP contribution in [-0.2, 0) is 32.2 Å². The molecule has 2 heterocycles. The first-order chi connectivity index (χ1) is 19.3. The molecule has 0 aromatic heterocycles. The minimum atomic E-state index is -0.798. The second kappa shape index (κ2) is 14.1. The molecule has 2 aromatic carbocycles. The van der Waals surface area contributed by atoms with Gasteiger partial charge in [-0.3, -0.25) is 24.2 Å². The van der Waals surface area contributed by atoms with E-state index in [1.165, 1.54) is 11.1 Å². The van der Waals surface area contributed by atoms with Gasteiger partial charge in [0.05, 0.1) is 17.4 Å². The molecule has 2 aromatic rings. The predicted molar refractivity (Wildman–Crippen MR) is 160 cm³/mol. The highest BCUT2D eigenvalue weighted by Crippen LogP contribution is 2.36. The van der Waals surface area contributed by atoms with Crippen molar-refractivity contribution in [1.29, 1.82) is 0 Å². The van der Waals surface area contributed by atoms with Crippen LogP contribution in [0.25, 0.3) is 0 Å². The standard InChI is InChI=1S/C19H28N2O3.C13H19N3O/c1-18(2,3)24-16(22)13-19(17(20)23)9-11-21(12-10-19)14-15-7-5-4-6-8-15;14-12(17)13(15)6-8-16(9-7-13)10-11-4-2-1-3-5-11/h4-8H,9-14H2,1-3H3,(H2,20,23);1-5H,6-10,15H2,(H2,14,17). The van der Waals surface area contributed by atoms with Crippen molar-refractivity contribution in [1.82, 2.24) is 9.80 Å². The highest BCUT2D eigenvalue weighted by atomic mass is 16.6. The summed E-state index contributed by atoms with van der Waals surface area (Å²) in [4.78, 5) is 40.0. The number of benzene rings is 2. The minimum absolute atomic E-state index is 0.0682. The maximum absolute atomic E-state index is 12.2. The van der Waals surface area contributed by atoms with E-state index in [0.29, 0.717) is 25.7 Å². The Balaban J connectivity index is 0.000000239. The number of hydrogen-bond acceptors (Lipinski definition) is 7. The lowest BCUT2D eigenvalue weighted by Gasteiger charge is -2.39. The van der Waals surface area contributed by atoms with Crippen LogP contribution in [0.15, 0.2) is 60.7 Å². The van der Waals surface area contributed by atoms with Crippen LogP contribution in [-0.4, -0.2) is 64.9 Å². The molecule has 0 spiro atoms. The number of primary amides is 2. The number of nitrogens with two attached hydrogens (primary N) is 3. The van der Waals surface area contributed by atoms with E-state index in [-0.39, 0.29) is 18.3 Å². The number of rotatable bonds is 8. The normalized spacial score (nSPS) is 18.9. The van der Waals surface area contributed by atoms with Crippen molar-refractivity contribution in [3.63, 3.8) is 0 Å². The number of ether oxygens (including phenoxy) is 1. The molecule has 6 N–H and O–H groups in total. The maximum atomic E-state index is 12.2. The van der Waals surface area contributed by atoms with Crippen molar-refractivity contribution in [2.24, 2.45) is 22.6 Å². The van der Waals surface area contributed by atoms with Gasteiger partial charge in [-0.1, -0.05) is 60.7 Å². The second-order valence-corrected chi connectivity index (χ2v) is 12.5. The Bertz CT molecular complexity index is 1130. The molecule has 224 valence electrons. The summed E-state index contributed by atoms with van der Waals surface area (Å²) in [5.41, 5.74) is 17.3. The summed E-state index contributed by atoms with van der Waals surface area (Å²) < 4.78 is 5.38. The van der Waals surface area contributed by atoms with Crippen molar-refractivity contribution < 1.29 is 19.1 Å². The summed E-state index contributed by atoms with van der Waals surface area (Å²) >= 11 is 0. The molecule has 9 nitrogen and oxygen atoms in total.